The highest BCUT2D eigenvalue weighted by molar-refractivity contribution is 8.04. The predicted molar refractivity (Wildman–Crippen MR) is 126 cm³/mol. The van der Waals surface area contributed by atoms with E-state index >= 15 is 0 Å². The number of carbonyl (C=O) groups is 2. The first-order valence-corrected chi connectivity index (χ1v) is 11.1. The number of nitrogens with zero attached hydrogens (tertiary/aromatic N) is 1. The molecule has 3 aromatic carbocycles. The summed E-state index contributed by atoms with van der Waals surface area (Å²) in [6, 6.07) is 22.0. The number of halogens is 2. The van der Waals surface area contributed by atoms with E-state index in [0.29, 0.717) is 20.6 Å². The summed E-state index contributed by atoms with van der Waals surface area (Å²) in [6.45, 7) is 2.06. The Hall–Kier alpha value is -2.73. The van der Waals surface area contributed by atoms with Gasteiger partial charge in [-0.05, 0) is 54.4 Å². The van der Waals surface area contributed by atoms with Crippen LogP contribution in [0.25, 0.3) is 0 Å². The second kappa shape index (κ2) is 9.18. The van der Waals surface area contributed by atoms with Crippen LogP contribution in [-0.4, -0.2) is 16.7 Å². The largest absolute Gasteiger partial charge is 0.350 e. The zero-order valence-corrected chi connectivity index (χ0v) is 18.9. The normalized spacial score (nSPS) is 13.8. The Morgan fingerprint density at radius 2 is 1.61 bits per heavy atom. The Labute approximate surface area is 194 Å². The van der Waals surface area contributed by atoms with E-state index in [1.54, 1.807) is 30.3 Å². The van der Waals surface area contributed by atoms with Gasteiger partial charge in [-0.25, -0.2) is 0 Å². The minimum Gasteiger partial charge on any atom is -0.350 e. The fourth-order valence-corrected chi connectivity index (χ4v) is 4.37. The summed E-state index contributed by atoms with van der Waals surface area (Å²) >= 11 is 13.5. The van der Waals surface area contributed by atoms with Crippen LogP contribution in [0.2, 0.25) is 10.0 Å². The number of hydrogen-bond acceptors (Lipinski definition) is 4. The van der Waals surface area contributed by atoms with Gasteiger partial charge in [0, 0.05) is 20.6 Å². The van der Waals surface area contributed by atoms with Crippen molar-refractivity contribution in [2.24, 2.45) is 0 Å². The van der Waals surface area contributed by atoms with Gasteiger partial charge < -0.3 is 5.32 Å². The lowest BCUT2D eigenvalue weighted by atomic mass is 10.2. The zero-order valence-electron chi connectivity index (χ0n) is 16.6. The molecule has 1 aliphatic rings. The summed E-state index contributed by atoms with van der Waals surface area (Å²) in [5.41, 5.74) is 2.63. The third-order valence-electron chi connectivity index (χ3n) is 4.78. The van der Waals surface area contributed by atoms with E-state index < -0.39 is 0 Å². The van der Waals surface area contributed by atoms with Crippen LogP contribution in [-0.2, 0) is 16.1 Å². The lowest BCUT2D eigenvalue weighted by Gasteiger charge is -2.15. The standard InChI is InChI=1S/C24H18Cl2N2O2S/c1-15-7-12-18(13-20(15)26)27-21-22(31-19-5-3-2-4-6-19)24(30)28(23(21)29)14-16-8-10-17(25)11-9-16/h2-13,27H,14H2,1H3. The average Bonchev–Trinajstić information content (AvgIpc) is 2.97. The van der Waals surface area contributed by atoms with Crippen molar-refractivity contribution in [1.82, 2.24) is 4.90 Å². The summed E-state index contributed by atoms with van der Waals surface area (Å²) < 4.78 is 0. The SMILES string of the molecule is Cc1ccc(NC2=C(Sc3ccccc3)C(=O)N(Cc3ccc(Cl)cc3)C2=O)cc1Cl. The maximum absolute atomic E-state index is 13.3. The van der Waals surface area contributed by atoms with Gasteiger partial charge in [0.15, 0.2) is 0 Å². The lowest BCUT2D eigenvalue weighted by molar-refractivity contribution is -0.137. The predicted octanol–water partition coefficient (Wildman–Crippen LogP) is 6.29. The Balaban J connectivity index is 1.67. The summed E-state index contributed by atoms with van der Waals surface area (Å²) in [6.07, 6.45) is 0. The van der Waals surface area contributed by atoms with Crippen LogP contribution < -0.4 is 5.32 Å². The van der Waals surface area contributed by atoms with Gasteiger partial charge in [0.05, 0.1) is 6.54 Å². The number of hydrogen-bond donors (Lipinski definition) is 1. The molecule has 156 valence electrons. The van der Waals surface area contributed by atoms with Gasteiger partial charge >= 0.3 is 0 Å². The molecule has 3 aromatic rings. The van der Waals surface area contributed by atoms with E-state index in [0.717, 1.165) is 16.0 Å². The van der Waals surface area contributed by atoms with Crippen molar-refractivity contribution in [1.29, 1.82) is 0 Å². The summed E-state index contributed by atoms with van der Waals surface area (Å²) in [4.78, 5) is 29.0. The van der Waals surface area contributed by atoms with E-state index in [2.05, 4.69) is 5.32 Å². The number of amides is 2. The van der Waals surface area contributed by atoms with E-state index in [4.69, 9.17) is 23.2 Å². The third kappa shape index (κ3) is 4.79. The van der Waals surface area contributed by atoms with Crippen LogP contribution in [0.3, 0.4) is 0 Å². The van der Waals surface area contributed by atoms with Crippen molar-refractivity contribution in [3.8, 4) is 0 Å². The van der Waals surface area contributed by atoms with Crippen molar-refractivity contribution in [3.63, 3.8) is 0 Å². The van der Waals surface area contributed by atoms with Crippen LogP contribution in [0.4, 0.5) is 5.69 Å². The van der Waals surface area contributed by atoms with Gasteiger partial charge in [-0.15, -0.1) is 0 Å². The molecule has 0 fully saturated rings. The Bertz CT molecular complexity index is 1180. The fraction of sp³-hybridized carbons (Fsp3) is 0.0833. The van der Waals surface area contributed by atoms with Crippen molar-refractivity contribution in [2.45, 2.75) is 18.4 Å². The second-order valence-corrected chi connectivity index (χ2v) is 8.96. The Morgan fingerprint density at radius 3 is 2.29 bits per heavy atom. The summed E-state index contributed by atoms with van der Waals surface area (Å²) in [5, 5.41) is 4.30. The highest BCUT2D eigenvalue weighted by atomic mass is 35.5. The topological polar surface area (TPSA) is 49.4 Å². The minimum absolute atomic E-state index is 0.160. The molecule has 0 spiro atoms. The maximum atomic E-state index is 13.3. The van der Waals surface area contributed by atoms with Gasteiger partial charge in [0.2, 0.25) is 0 Å². The molecule has 1 N–H and O–H groups in total. The van der Waals surface area contributed by atoms with Crippen LogP contribution in [0.15, 0.2) is 88.3 Å². The zero-order chi connectivity index (χ0) is 22.0. The first kappa shape index (κ1) is 21.5. The van der Waals surface area contributed by atoms with Crippen molar-refractivity contribution >= 4 is 52.5 Å². The van der Waals surface area contributed by atoms with Crippen molar-refractivity contribution in [3.05, 3.63) is 105 Å². The van der Waals surface area contributed by atoms with Crippen molar-refractivity contribution < 1.29 is 9.59 Å². The van der Waals surface area contributed by atoms with Gasteiger partial charge in [-0.1, -0.05) is 71.4 Å². The van der Waals surface area contributed by atoms with E-state index in [1.807, 2.05) is 49.4 Å². The van der Waals surface area contributed by atoms with Crippen LogP contribution in [0.1, 0.15) is 11.1 Å². The van der Waals surface area contributed by atoms with Crippen LogP contribution >= 0.6 is 35.0 Å². The number of aryl methyl sites for hydroxylation is 1. The monoisotopic (exact) mass is 468 g/mol. The van der Waals surface area contributed by atoms with Crippen LogP contribution in [0, 0.1) is 6.92 Å². The van der Waals surface area contributed by atoms with Crippen LogP contribution in [0.5, 0.6) is 0 Å². The maximum Gasteiger partial charge on any atom is 0.278 e. The molecule has 31 heavy (non-hydrogen) atoms. The molecule has 1 aliphatic heterocycles. The number of carbonyl (C=O) groups excluding carboxylic acids is 2. The first-order chi connectivity index (χ1) is 14.9. The average molecular weight is 469 g/mol. The second-order valence-electron chi connectivity index (χ2n) is 7.03. The first-order valence-electron chi connectivity index (χ1n) is 9.53. The van der Waals surface area contributed by atoms with E-state index in [-0.39, 0.29) is 24.1 Å². The molecule has 0 saturated carbocycles. The molecule has 4 rings (SSSR count). The van der Waals surface area contributed by atoms with Gasteiger partial charge in [-0.3, -0.25) is 14.5 Å². The summed E-state index contributed by atoms with van der Waals surface area (Å²) in [5.74, 6) is -0.718. The molecule has 0 aliphatic carbocycles. The van der Waals surface area contributed by atoms with Gasteiger partial charge in [0.25, 0.3) is 11.8 Å². The Morgan fingerprint density at radius 1 is 0.903 bits per heavy atom. The smallest absolute Gasteiger partial charge is 0.278 e. The lowest BCUT2D eigenvalue weighted by Crippen LogP contribution is -2.31. The minimum atomic E-state index is -0.380. The molecule has 4 nitrogen and oxygen atoms in total. The molecule has 1 heterocycles. The highest BCUT2D eigenvalue weighted by Crippen LogP contribution is 2.36. The van der Waals surface area contributed by atoms with Gasteiger partial charge in [-0.2, -0.15) is 0 Å². The molecule has 0 aromatic heterocycles. The molecular weight excluding hydrogens is 451 g/mol. The molecule has 0 radical (unpaired) electrons. The number of rotatable bonds is 6. The third-order valence-corrected chi connectivity index (χ3v) is 6.53. The molecule has 2 amide bonds. The molecular formula is C24H18Cl2N2O2S. The molecule has 0 unspecified atom stereocenters. The number of benzene rings is 3. The molecule has 0 bridgehead atoms. The fourth-order valence-electron chi connectivity index (χ4n) is 3.10. The molecule has 0 saturated heterocycles. The number of imide groups is 1. The van der Waals surface area contributed by atoms with Gasteiger partial charge in [0.1, 0.15) is 10.6 Å². The molecule has 7 heteroatoms. The number of anilines is 1. The van der Waals surface area contributed by atoms with E-state index in [1.165, 1.54) is 16.7 Å². The number of nitrogens with one attached hydrogen (secondary N) is 1. The number of thioether (sulfide) groups is 1. The molecule has 0 atom stereocenters. The quantitative estimate of drug-likeness (QED) is 0.432. The highest BCUT2D eigenvalue weighted by Gasteiger charge is 2.39. The van der Waals surface area contributed by atoms with E-state index in [9.17, 15) is 9.59 Å². The van der Waals surface area contributed by atoms with Crippen molar-refractivity contribution in [2.75, 3.05) is 5.32 Å². The Kier molecular flexibility index (Phi) is 6.37. The summed E-state index contributed by atoms with van der Waals surface area (Å²) in [7, 11) is 0.